The van der Waals surface area contributed by atoms with E-state index in [2.05, 4.69) is 0 Å². The zero-order chi connectivity index (χ0) is 16.8. The molecule has 0 radical (unpaired) electrons. The van der Waals surface area contributed by atoms with Gasteiger partial charge < -0.3 is 9.47 Å². The van der Waals surface area contributed by atoms with Crippen molar-refractivity contribution in [2.75, 3.05) is 7.11 Å². The molecular formula is C18H16O5. The maximum Gasteiger partial charge on any atom is 0.338 e. The van der Waals surface area contributed by atoms with Gasteiger partial charge in [-0.05, 0) is 43.3 Å². The average molecular weight is 312 g/mol. The molecule has 0 saturated carbocycles. The molecule has 0 N–H and O–H groups in total. The highest BCUT2D eigenvalue weighted by atomic mass is 16.5. The number of Topliss-reactive ketones (excluding diaryl/α,β-unsaturated/α-hetero) is 1. The van der Waals surface area contributed by atoms with Crippen LogP contribution in [0.4, 0.5) is 0 Å². The summed E-state index contributed by atoms with van der Waals surface area (Å²) in [6.07, 6.45) is -0.230. The van der Waals surface area contributed by atoms with Gasteiger partial charge in [-0.3, -0.25) is 9.59 Å². The van der Waals surface area contributed by atoms with Crippen LogP contribution >= 0.6 is 0 Å². The number of benzene rings is 2. The number of hydrogen-bond donors (Lipinski definition) is 0. The third kappa shape index (κ3) is 4.03. The van der Waals surface area contributed by atoms with Crippen molar-refractivity contribution < 1.29 is 23.9 Å². The van der Waals surface area contributed by atoms with Crippen LogP contribution in [0.3, 0.4) is 0 Å². The normalized spacial score (nSPS) is 11.4. The van der Waals surface area contributed by atoms with Gasteiger partial charge in [-0.25, -0.2) is 4.79 Å². The summed E-state index contributed by atoms with van der Waals surface area (Å²) in [6, 6.07) is 12.6. The van der Waals surface area contributed by atoms with Crippen LogP contribution in [-0.4, -0.2) is 31.3 Å². The number of esters is 1. The van der Waals surface area contributed by atoms with Crippen LogP contribution in [0, 0.1) is 0 Å². The standard InChI is InChI=1S/C18H16O5/c1-12(17(20)14-7-9-16(22-2)10-8-14)23-18(21)15-5-3-13(11-19)4-6-15/h3-12H,1-2H3/t12-/m1/s1. The van der Waals surface area contributed by atoms with Crippen LogP contribution in [0.15, 0.2) is 48.5 Å². The van der Waals surface area contributed by atoms with Crippen LogP contribution in [0.5, 0.6) is 5.75 Å². The lowest BCUT2D eigenvalue weighted by atomic mass is 10.1. The Morgan fingerprint density at radius 3 is 2.04 bits per heavy atom. The van der Waals surface area contributed by atoms with Crippen molar-refractivity contribution in [3.8, 4) is 5.75 Å². The van der Waals surface area contributed by atoms with Crippen LogP contribution < -0.4 is 4.74 Å². The SMILES string of the molecule is COc1ccc(C(=O)[C@@H](C)OC(=O)c2ccc(C=O)cc2)cc1. The average Bonchev–Trinajstić information content (AvgIpc) is 2.61. The highest BCUT2D eigenvalue weighted by Gasteiger charge is 2.20. The van der Waals surface area contributed by atoms with Gasteiger partial charge in [0.25, 0.3) is 0 Å². The van der Waals surface area contributed by atoms with Gasteiger partial charge in [0, 0.05) is 11.1 Å². The molecule has 0 aliphatic rings. The number of hydrogen-bond acceptors (Lipinski definition) is 5. The predicted molar refractivity (Wildman–Crippen MR) is 84.0 cm³/mol. The summed E-state index contributed by atoms with van der Waals surface area (Å²) >= 11 is 0. The first-order valence-corrected chi connectivity index (χ1v) is 6.99. The van der Waals surface area contributed by atoms with Gasteiger partial charge in [0.1, 0.15) is 12.0 Å². The van der Waals surface area contributed by atoms with Gasteiger partial charge in [0.05, 0.1) is 12.7 Å². The van der Waals surface area contributed by atoms with E-state index in [-0.39, 0.29) is 11.3 Å². The molecule has 118 valence electrons. The Morgan fingerprint density at radius 1 is 0.957 bits per heavy atom. The van der Waals surface area contributed by atoms with E-state index in [1.807, 2.05) is 0 Å². The first kappa shape index (κ1) is 16.4. The summed E-state index contributed by atoms with van der Waals surface area (Å²) in [7, 11) is 1.54. The summed E-state index contributed by atoms with van der Waals surface area (Å²) in [5.41, 5.74) is 1.18. The van der Waals surface area contributed by atoms with Gasteiger partial charge in [-0.15, -0.1) is 0 Å². The van der Waals surface area contributed by atoms with E-state index < -0.39 is 12.1 Å². The third-order valence-corrected chi connectivity index (χ3v) is 3.31. The Balaban J connectivity index is 2.04. The van der Waals surface area contributed by atoms with E-state index in [0.29, 0.717) is 23.2 Å². The minimum Gasteiger partial charge on any atom is -0.497 e. The molecule has 2 aromatic rings. The molecule has 0 saturated heterocycles. The molecule has 0 spiro atoms. The molecule has 0 aromatic heterocycles. The highest BCUT2D eigenvalue weighted by Crippen LogP contribution is 2.14. The Labute approximate surface area is 133 Å². The fraction of sp³-hybridized carbons (Fsp3) is 0.167. The van der Waals surface area contributed by atoms with Crippen molar-refractivity contribution in [2.45, 2.75) is 13.0 Å². The molecule has 2 aromatic carbocycles. The molecule has 0 bridgehead atoms. The summed E-state index contributed by atoms with van der Waals surface area (Å²) < 4.78 is 10.2. The summed E-state index contributed by atoms with van der Waals surface area (Å²) in [5.74, 6) is -0.274. The molecule has 0 amide bonds. The van der Waals surface area contributed by atoms with Crippen molar-refractivity contribution in [1.82, 2.24) is 0 Å². The number of carbonyl (C=O) groups is 3. The second kappa shape index (κ2) is 7.35. The minimum atomic E-state index is -0.915. The molecule has 1 atom stereocenters. The lowest BCUT2D eigenvalue weighted by Gasteiger charge is -2.12. The quantitative estimate of drug-likeness (QED) is 0.466. The fourth-order valence-electron chi connectivity index (χ4n) is 1.97. The number of ketones is 1. The van der Waals surface area contributed by atoms with Gasteiger partial charge in [0.2, 0.25) is 5.78 Å². The molecule has 2 rings (SSSR count). The van der Waals surface area contributed by atoms with Gasteiger partial charge in [-0.1, -0.05) is 12.1 Å². The Hall–Kier alpha value is -2.95. The molecule has 0 aliphatic carbocycles. The molecular weight excluding hydrogens is 296 g/mol. The van der Waals surface area contributed by atoms with Crippen molar-refractivity contribution in [3.05, 3.63) is 65.2 Å². The minimum absolute atomic E-state index is 0.282. The summed E-state index contributed by atoms with van der Waals surface area (Å²) in [5, 5.41) is 0. The summed E-state index contributed by atoms with van der Waals surface area (Å²) in [4.78, 5) is 34.8. The van der Waals surface area contributed by atoms with E-state index in [1.54, 1.807) is 24.3 Å². The van der Waals surface area contributed by atoms with E-state index in [1.165, 1.54) is 38.3 Å². The monoisotopic (exact) mass is 312 g/mol. The molecule has 5 nitrogen and oxygen atoms in total. The maximum absolute atomic E-state index is 12.2. The van der Waals surface area contributed by atoms with Gasteiger partial charge in [0.15, 0.2) is 6.10 Å². The lowest BCUT2D eigenvalue weighted by Crippen LogP contribution is -2.24. The third-order valence-electron chi connectivity index (χ3n) is 3.31. The highest BCUT2D eigenvalue weighted by molar-refractivity contribution is 6.01. The first-order valence-electron chi connectivity index (χ1n) is 6.99. The molecule has 0 fully saturated rings. The molecule has 0 aliphatic heterocycles. The second-order valence-electron chi connectivity index (χ2n) is 4.88. The fourth-order valence-corrected chi connectivity index (χ4v) is 1.97. The number of rotatable bonds is 6. The Kier molecular flexibility index (Phi) is 5.25. The molecule has 23 heavy (non-hydrogen) atoms. The second-order valence-corrected chi connectivity index (χ2v) is 4.88. The molecule has 0 unspecified atom stereocenters. The van der Waals surface area contributed by atoms with Gasteiger partial charge >= 0.3 is 5.97 Å². The number of carbonyl (C=O) groups excluding carboxylic acids is 3. The van der Waals surface area contributed by atoms with E-state index >= 15 is 0 Å². The van der Waals surface area contributed by atoms with Crippen molar-refractivity contribution in [1.29, 1.82) is 0 Å². The number of aldehydes is 1. The van der Waals surface area contributed by atoms with Gasteiger partial charge in [-0.2, -0.15) is 0 Å². The van der Waals surface area contributed by atoms with Crippen LogP contribution in [-0.2, 0) is 4.74 Å². The van der Waals surface area contributed by atoms with E-state index in [4.69, 9.17) is 9.47 Å². The van der Waals surface area contributed by atoms with Crippen molar-refractivity contribution in [2.24, 2.45) is 0 Å². The lowest BCUT2D eigenvalue weighted by molar-refractivity contribution is 0.0318. The van der Waals surface area contributed by atoms with Crippen LogP contribution in [0.25, 0.3) is 0 Å². The summed E-state index contributed by atoms with van der Waals surface area (Å²) in [6.45, 7) is 1.52. The van der Waals surface area contributed by atoms with Crippen molar-refractivity contribution >= 4 is 18.0 Å². The largest absolute Gasteiger partial charge is 0.497 e. The number of ether oxygens (including phenoxy) is 2. The predicted octanol–water partition coefficient (Wildman–Crippen LogP) is 2.94. The molecule has 5 heteroatoms. The first-order chi connectivity index (χ1) is 11.0. The van der Waals surface area contributed by atoms with Crippen LogP contribution in [0.1, 0.15) is 38.0 Å². The van der Waals surface area contributed by atoms with Crippen LogP contribution in [0.2, 0.25) is 0 Å². The number of methoxy groups -OCH3 is 1. The topological polar surface area (TPSA) is 69.7 Å². The van der Waals surface area contributed by atoms with E-state index in [9.17, 15) is 14.4 Å². The maximum atomic E-state index is 12.2. The molecule has 0 heterocycles. The van der Waals surface area contributed by atoms with E-state index in [0.717, 1.165) is 0 Å². The zero-order valence-corrected chi connectivity index (χ0v) is 12.8. The zero-order valence-electron chi connectivity index (χ0n) is 12.8. The smallest absolute Gasteiger partial charge is 0.338 e. The Morgan fingerprint density at radius 2 is 1.52 bits per heavy atom. The van der Waals surface area contributed by atoms with Crippen molar-refractivity contribution in [3.63, 3.8) is 0 Å². The Bertz CT molecular complexity index is 701.